The first-order valence-corrected chi connectivity index (χ1v) is 7.52. The molecule has 2 aliphatic carbocycles. The summed E-state index contributed by atoms with van der Waals surface area (Å²) in [6, 6.07) is 6.93. The van der Waals surface area contributed by atoms with Gasteiger partial charge in [-0.25, -0.2) is 4.68 Å². The average Bonchev–Trinajstić information content (AvgIpc) is 3.03. The van der Waals surface area contributed by atoms with Gasteiger partial charge in [-0.05, 0) is 80.7 Å². The van der Waals surface area contributed by atoms with Crippen LogP contribution in [-0.4, -0.2) is 9.78 Å². The Morgan fingerprint density at radius 2 is 1.79 bits per heavy atom. The highest BCUT2D eigenvalue weighted by Crippen LogP contribution is 2.29. The molecule has 0 spiro atoms. The van der Waals surface area contributed by atoms with E-state index in [1.807, 2.05) is 0 Å². The number of fused-ring (bicyclic) bond motifs is 2. The van der Waals surface area contributed by atoms with Crippen molar-refractivity contribution >= 4 is 0 Å². The number of rotatable bonds is 1. The molecule has 1 aromatic carbocycles. The van der Waals surface area contributed by atoms with Crippen molar-refractivity contribution in [1.29, 1.82) is 0 Å². The lowest BCUT2D eigenvalue weighted by Crippen LogP contribution is -2.08. The zero-order valence-corrected chi connectivity index (χ0v) is 11.6. The number of hydrogen-bond donors (Lipinski definition) is 0. The molecule has 0 radical (unpaired) electrons. The normalized spacial score (nSPS) is 17.3. The first-order chi connectivity index (χ1) is 9.33. The summed E-state index contributed by atoms with van der Waals surface area (Å²) in [4.78, 5) is 0. The number of hydrogen-bond acceptors (Lipinski definition) is 1. The van der Waals surface area contributed by atoms with Crippen LogP contribution in [0.2, 0.25) is 0 Å². The third-order valence-corrected chi connectivity index (χ3v) is 4.71. The Morgan fingerprint density at radius 1 is 0.947 bits per heavy atom. The molecular formula is C17H20N2. The second-order valence-corrected chi connectivity index (χ2v) is 5.94. The fraction of sp³-hybridized carbons (Fsp3) is 0.471. The number of aromatic nitrogens is 2. The molecule has 0 atom stereocenters. The van der Waals surface area contributed by atoms with Crippen LogP contribution >= 0.6 is 0 Å². The maximum Gasteiger partial charge on any atom is 0.0651 e. The standard InChI is InChI=1S/C17H20N2/c1-12-16-7-2-3-8-17(16)19(18-12)15-10-9-13-5-4-6-14(13)11-15/h9-11H,2-8H2,1H3. The Hall–Kier alpha value is -1.57. The minimum Gasteiger partial charge on any atom is -0.237 e. The van der Waals surface area contributed by atoms with Gasteiger partial charge in [0.1, 0.15) is 0 Å². The van der Waals surface area contributed by atoms with Crippen LogP contribution in [0.5, 0.6) is 0 Å². The molecule has 0 amide bonds. The van der Waals surface area contributed by atoms with Crippen molar-refractivity contribution in [3.63, 3.8) is 0 Å². The lowest BCUT2D eigenvalue weighted by molar-refractivity contribution is 0.653. The molecular weight excluding hydrogens is 232 g/mol. The van der Waals surface area contributed by atoms with E-state index in [1.165, 1.54) is 73.1 Å². The van der Waals surface area contributed by atoms with Crippen molar-refractivity contribution in [3.8, 4) is 5.69 Å². The summed E-state index contributed by atoms with van der Waals surface area (Å²) in [6.07, 6.45) is 8.85. The molecule has 2 aromatic rings. The Kier molecular flexibility index (Phi) is 2.51. The zero-order chi connectivity index (χ0) is 12.8. The Morgan fingerprint density at radius 3 is 2.74 bits per heavy atom. The molecule has 0 unspecified atom stereocenters. The minimum atomic E-state index is 1.19. The Labute approximate surface area is 114 Å². The second kappa shape index (κ2) is 4.22. The third kappa shape index (κ3) is 1.73. The molecule has 1 heterocycles. The molecule has 0 bridgehead atoms. The predicted octanol–water partition coefficient (Wildman–Crippen LogP) is 3.55. The largest absolute Gasteiger partial charge is 0.237 e. The molecule has 98 valence electrons. The monoisotopic (exact) mass is 252 g/mol. The molecule has 0 saturated carbocycles. The number of aryl methyl sites for hydroxylation is 3. The van der Waals surface area contributed by atoms with E-state index in [-0.39, 0.29) is 0 Å². The van der Waals surface area contributed by atoms with Gasteiger partial charge in [-0.3, -0.25) is 0 Å². The summed E-state index contributed by atoms with van der Waals surface area (Å²) in [6.45, 7) is 2.16. The number of benzene rings is 1. The highest BCUT2D eigenvalue weighted by molar-refractivity contribution is 5.45. The van der Waals surface area contributed by atoms with Crippen molar-refractivity contribution in [3.05, 3.63) is 46.3 Å². The van der Waals surface area contributed by atoms with E-state index < -0.39 is 0 Å². The molecule has 2 heteroatoms. The molecule has 1 aromatic heterocycles. The topological polar surface area (TPSA) is 17.8 Å². The maximum atomic E-state index is 4.80. The summed E-state index contributed by atoms with van der Waals surface area (Å²) < 4.78 is 2.21. The first kappa shape index (κ1) is 11.3. The lowest BCUT2D eigenvalue weighted by atomic mass is 9.96. The maximum absolute atomic E-state index is 4.80. The highest BCUT2D eigenvalue weighted by atomic mass is 15.3. The van der Waals surface area contributed by atoms with Gasteiger partial charge >= 0.3 is 0 Å². The van der Waals surface area contributed by atoms with Gasteiger partial charge in [0.25, 0.3) is 0 Å². The van der Waals surface area contributed by atoms with Crippen LogP contribution in [0.15, 0.2) is 18.2 Å². The van der Waals surface area contributed by atoms with Crippen LogP contribution in [0.25, 0.3) is 5.69 Å². The van der Waals surface area contributed by atoms with Gasteiger partial charge < -0.3 is 0 Å². The first-order valence-electron chi connectivity index (χ1n) is 7.52. The summed E-state index contributed by atoms with van der Waals surface area (Å²) in [5.41, 5.74) is 8.55. The summed E-state index contributed by atoms with van der Waals surface area (Å²) >= 11 is 0. The molecule has 0 N–H and O–H groups in total. The smallest absolute Gasteiger partial charge is 0.0651 e. The summed E-state index contributed by atoms with van der Waals surface area (Å²) in [7, 11) is 0. The van der Waals surface area contributed by atoms with Gasteiger partial charge in [-0.15, -0.1) is 0 Å². The lowest BCUT2D eigenvalue weighted by Gasteiger charge is -2.14. The zero-order valence-electron chi connectivity index (χ0n) is 11.6. The molecule has 0 saturated heterocycles. The van der Waals surface area contributed by atoms with Crippen molar-refractivity contribution in [2.75, 3.05) is 0 Å². The molecule has 2 aliphatic rings. The van der Waals surface area contributed by atoms with E-state index in [2.05, 4.69) is 29.8 Å². The van der Waals surface area contributed by atoms with E-state index in [0.717, 1.165) is 0 Å². The van der Waals surface area contributed by atoms with Crippen molar-refractivity contribution in [2.45, 2.75) is 51.9 Å². The van der Waals surface area contributed by atoms with Crippen LogP contribution < -0.4 is 0 Å². The second-order valence-electron chi connectivity index (χ2n) is 5.94. The Bertz CT molecular complexity index is 637. The minimum absolute atomic E-state index is 1.19. The van der Waals surface area contributed by atoms with Gasteiger partial charge in [-0.2, -0.15) is 5.10 Å². The molecule has 2 nitrogen and oxygen atoms in total. The fourth-order valence-corrected chi connectivity index (χ4v) is 3.69. The van der Waals surface area contributed by atoms with Gasteiger partial charge in [-0.1, -0.05) is 6.07 Å². The van der Waals surface area contributed by atoms with Crippen molar-refractivity contribution in [1.82, 2.24) is 9.78 Å². The van der Waals surface area contributed by atoms with Crippen LogP contribution in [0.4, 0.5) is 0 Å². The Balaban J connectivity index is 1.84. The van der Waals surface area contributed by atoms with Crippen LogP contribution in [-0.2, 0) is 25.7 Å². The quantitative estimate of drug-likeness (QED) is 0.759. The van der Waals surface area contributed by atoms with Gasteiger partial charge in [0.15, 0.2) is 0 Å². The van der Waals surface area contributed by atoms with Gasteiger partial charge in [0.05, 0.1) is 11.4 Å². The van der Waals surface area contributed by atoms with Crippen LogP contribution in [0.3, 0.4) is 0 Å². The highest BCUT2D eigenvalue weighted by Gasteiger charge is 2.20. The third-order valence-electron chi connectivity index (χ3n) is 4.71. The van der Waals surface area contributed by atoms with Crippen LogP contribution in [0.1, 0.15) is 47.3 Å². The van der Waals surface area contributed by atoms with E-state index >= 15 is 0 Å². The van der Waals surface area contributed by atoms with Gasteiger partial charge in [0, 0.05) is 5.69 Å². The molecule has 0 aliphatic heterocycles. The van der Waals surface area contributed by atoms with E-state index in [9.17, 15) is 0 Å². The van der Waals surface area contributed by atoms with Crippen molar-refractivity contribution in [2.24, 2.45) is 0 Å². The summed E-state index contributed by atoms with van der Waals surface area (Å²) in [5.74, 6) is 0. The van der Waals surface area contributed by atoms with Gasteiger partial charge in [0.2, 0.25) is 0 Å². The SMILES string of the molecule is Cc1nn(-c2ccc3c(c2)CCC3)c2c1CCCC2. The molecule has 19 heavy (non-hydrogen) atoms. The van der Waals surface area contributed by atoms with E-state index in [0.29, 0.717) is 0 Å². The number of nitrogens with zero attached hydrogens (tertiary/aromatic N) is 2. The average molecular weight is 252 g/mol. The fourth-order valence-electron chi connectivity index (χ4n) is 3.69. The van der Waals surface area contributed by atoms with Crippen molar-refractivity contribution < 1.29 is 0 Å². The van der Waals surface area contributed by atoms with E-state index in [1.54, 1.807) is 5.56 Å². The summed E-state index contributed by atoms with van der Waals surface area (Å²) in [5, 5.41) is 4.80. The predicted molar refractivity (Wildman–Crippen MR) is 77.0 cm³/mol. The molecule has 0 fully saturated rings. The van der Waals surface area contributed by atoms with Crippen LogP contribution in [0, 0.1) is 6.92 Å². The molecule has 4 rings (SSSR count). The van der Waals surface area contributed by atoms with E-state index in [4.69, 9.17) is 5.10 Å².